The molecule has 0 heterocycles. The van der Waals surface area contributed by atoms with Crippen molar-refractivity contribution < 1.29 is 4.52 Å². The molecule has 0 aliphatic carbocycles. The summed E-state index contributed by atoms with van der Waals surface area (Å²) in [7, 11) is 0. The molecule has 2 N–H and O–H groups in total. The van der Waals surface area contributed by atoms with Crippen LogP contribution in [0.25, 0.3) is 0 Å². The zero-order valence-corrected chi connectivity index (χ0v) is 9.06. The second-order valence-corrected chi connectivity index (χ2v) is 9.18. The molecule has 0 saturated carbocycles. The molecule has 10 heavy (non-hydrogen) atoms. The standard InChI is InChI=1S/C5H14NOPS2/c1-4-7-8(6,9)10-5(2)3/h5H,4H2,1-3H3,(H2,6,9). The van der Waals surface area contributed by atoms with Crippen molar-refractivity contribution in [1.29, 1.82) is 0 Å². The molecule has 0 aromatic rings. The summed E-state index contributed by atoms with van der Waals surface area (Å²) in [5.41, 5.74) is 3.70. The van der Waals surface area contributed by atoms with E-state index >= 15 is 0 Å². The van der Waals surface area contributed by atoms with Crippen LogP contribution in [0.5, 0.6) is 0 Å². The van der Waals surface area contributed by atoms with E-state index in [1.165, 1.54) is 0 Å². The van der Waals surface area contributed by atoms with E-state index in [2.05, 4.69) is 13.8 Å². The minimum Gasteiger partial charge on any atom is -0.331 e. The summed E-state index contributed by atoms with van der Waals surface area (Å²) in [5, 5.41) is 0.461. The van der Waals surface area contributed by atoms with Crippen LogP contribution in [0, 0.1) is 0 Å². The molecule has 0 saturated heterocycles. The predicted molar refractivity (Wildman–Crippen MR) is 52.8 cm³/mol. The van der Waals surface area contributed by atoms with Gasteiger partial charge in [-0.1, -0.05) is 25.2 Å². The molecular weight excluding hydrogens is 185 g/mol. The van der Waals surface area contributed by atoms with E-state index in [4.69, 9.17) is 21.8 Å². The van der Waals surface area contributed by atoms with Crippen molar-refractivity contribution in [2.45, 2.75) is 26.0 Å². The zero-order valence-electron chi connectivity index (χ0n) is 6.53. The Morgan fingerprint density at radius 2 is 2.20 bits per heavy atom. The van der Waals surface area contributed by atoms with Crippen molar-refractivity contribution in [3.05, 3.63) is 0 Å². The van der Waals surface area contributed by atoms with Crippen LogP contribution in [0.2, 0.25) is 0 Å². The Morgan fingerprint density at radius 3 is 2.50 bits per heavy atom. The lowest BCUT2D eigenvalue weighted by molar-refractivity contribution is 0.385. The van der Waals surface area contributed by atoms with Crippen LogP contribution in [0.3, 0.4) is 0 Å². The smallest absolute Gasteiger partial charge is 0.183 e. The Morgan fingerprint density at radius 1 is 1.70 bits per heavy atom. The number of hydrogen-bond donors (Lipinski definition) is 1. The Balaban J connectivity index is 3.75. The lowest BCUT2D eigenvalue weighted by Crippen LogP contribution is -1.98. The fourth-order valence-electron chi connectivity index (χ4n) is 0.504. The summed E-state index contributed by atoms with van der Waals surface area (Å²) >= 11 is 6.61. The molecule has 0 aromatic heterocycles. The highest BCUT2D eigenvalue weighted by Crippen LogP contribution is 2.54. The first-order chi connectivity index (χ1) is 4.48. The van der Waals surface area contributed by atoms with Crippen molar-refractivity contribution in [1.82, 2.24) is 0 Å². The summed E-state index contributed by atoms with van der Waals surface area (Å²) in [6, 6.07) is 0. The van der Waals surface area contributed by atoms with E-state index in [0.717, 1.165) is 0 Å². The molecule has 0 amide bonds. The molecule has 1 atom stereocenters. The highest BCUT2D eigenvalue weighted by atomic mass is 32.9. The minimum atomic E-state index is -2.00. The number of hydrogen-bond acceptors (Lipinski definition) is 3. The molecule has 2 nitrogen and oxygen atoms in total. The molecule has 0 aliphatic heterocycles. The van der Waals surface area contributed by atoms with Gasteiger partial charge in [0.25, 0.3) is 0 Å². The van der Waals surface area contributed by atoms with Crippen LogP contribution in [0.1, 0.15) is 20.8 Å². The van der Waals surface area contributed by atoms with Crippen LogP contribution in [0.4, 0.5) is 0 Å². The molecule has 62 valence electrons. The third-order valence-corrected chi connectivity index (χ3v) is 5.55. The van der Waals surface area contributed by atoms with Gasteiger partial charge in [-0.15, -0.1) is 0 Å². The Hall–Kier alpha value is 0.920. The van der Waals surface area contributed by atoms with Gasteiger partial charge in [0.1, 0.15) is 0 Å². The van der Waals surface area contributed by atoms with Crippen LogP contribution < -0.4 is 5.50 Å². The normalized spacial score (nSPS) is 17.3. The van der Waals surface area contributed by atoms with Crippen LogP contribution in [0.15, 0.2) is 0 Å². The predicted octanol–water partition coefficient (Wildman–Crippen LogP) is 2.35. The van der Waals surface area contributed by atoms with E-state index in [1.807, 2.05) is 6.92 Å². The van der Waals surface area contributed by atoms with Gasteiger partial charge in [0.2, 0.25) is 0 Å². The van der Waals surface area contributed by atoms with Gasteiger partial charge in [0.15, 0.2) is 5.62 Å². The SMILES string of the molecule is CCOP(N)(=S)SC(C)C. The van der Waals surface area contributed by atoms with E-state index < -0.39 is 5.62 Å². The van der Waals surface area contributed by atoms with Crippen molar-refractivity contribution in [2.75, 3.05) is 6.61 Å². The fourth-order valence-corrected chi connectivity index (χ4v) is 5.64. The maximum atomic E-state index is 5.69. The summed E-state index contributed by atoms with van der Waals surface area (Å²) in [6.07, 6.45) is 0. The third kappa shape index (κ3) is 5.69. The quantitative estimate of drug-likeness (QED) is 0.705. The van der Waals surface area contributed by atoms with Crippen LogP contribution in [-0.2, 0) is 16.3 Å². The minimum absolute atomic E-state index is 0.461. The maximum Gasteiger partial charge on any atom is 0.183 e. The second-order valence-electron chi connectivity index (χ2n) is 2.11. The zero-order chi connectivity index (χ0) is 8.20. The van der Waals surface area contributed by atoms with Crippen LogP contribution in [-0.4, -0.2) is 11.9 Å². The van der Waals surface area contributed by atoms with E-state index in [9.17, 15) is 0 Å². The molecular formula is C5H14NOPS2. The lowest BCUT2D eigenvalue weighted by Gasteiger charge is -2.16. The fraction of sp³-hybridized carbons (Fsp3) is 1.00. The molecule has 0 aliphatic rings. The molecule has 0 fully saturated rings. The molecule has 0 aromatic carbocycles. The average Bonchev–Trinajstić information content (AvgIpc) is 1.59. The van der Waals surface area contributed by atoms with Gasteiger partial charge in [-0.25, -0.2) is 0 Å². The van der Waals surface area contributed by atoms with Gasteiger partial charge in [-0.3, -0.25) is 5.50 Å². The molecule has 1 unspecified atom stereocenters. The van der Waals surface area contributed by atoms with Gasteiger partial charge in [0, 0.05) is 5.25 Å². The topological polar surface area (TPSA) is 35.2 Å². The van der Waals surface area contributed by atoms with E-state index in [-0.39, 0.29) is 0 Å². The number of rotatable bonds is 4. The van der Waals surface area contributed by atoms with Gasteiger partial charge in [-0.05, 0) is 18.7 Å². The number of nitrogens with two attached hydrogens (primary N) is 1. The summed E-state index contributed by atoms with van der Waals surface area (Å²) < 4.78 is 5.21. The van der Waals surface area contributed by atoms with Crippen LogP contribution >= 0.6 is 17.0 Å². The summed E-state index contributed by atoms with van der Waals surface area (Å²) in [4.78, 5) is 0. The Labute approximate surface area is 71.8 Å². The third-order valence-electron chi connectivity index (χ3n) is 0.667. The lowest BCUT2D eigenvalue weighted by atomic mass is 10.6. The van der Waals surface area contributed by atoms with Gasteiger partial charge in [-0.2, -0.15) is 0 Å². The van der Waals surface area contributed by atoms with Crippen molar-refractivity contribution >= 4 is 28.8 Å². The first kappa shape index (κ1) is 10.9. The van der Waals surface area contributed by atoms with Gasteiger partial charge < -0.3 is 4.52 Å². The van der Waals surface area contributed by atoms with E-state index in [0.29, 0.717) is 11.9 Å². The second kappa shape index (κ2) is 4.73. The van der Waals surface area contributed by atoms with Gasteiger partial charge >= 0.3 is 0 Å². The average molecular weight is 199 g/mol. The van der Waals surface area contributed by atoms with Crippen molar-refractivity contribution in [3.8, 4) is 0 Å². The molecule has 0 bridgehead atoms. The van der Waals surface area contributed by atoms with Crippen molar-refractivity contribution in [2.24, 2.45) is 5.50 Å². The molecule has 5 heteroatoms. The monoisotopic (exact) mass is 199 g/mol. The summed E-state index contributed by atoms with van der Waals surface area (Å²) in [6.45, 7) is 6.66. The molecule has 0 radical (unpaired) electrons. The Bertz CT molecular complexity index is 140. The highest BCUT2D eigenvalue weighted by molar-refractivity contribution is 8.68. The largest absolute Gasteiger partial charge is 0.331 e. The first-order valence-electron chi connectivity index (χ1n) is 3.19. The van der Waals surface area contributed by atoms with Crippen molar-refractivity contribution in [3.63, 3.8) is 0 Å². The maximum absolute atomic E-state index is 5.69. The molecule has 0 rings (SSSR count). The van der Waals surface area contributed by atoms with Gasteiger partial charge in [0.05, 0.1) is 6.61 Å². The summed E-state index contributed by atoms with van der Waals surface area (Å²) in [5.74, 6) is 0. The Kier molecular flexibility index (Phi) is 5.16. The highest BCUT2D eigenvalue weighted by Gasteiger charge is 2.12. The molecule has 0 spiro atoms. The first-order valence-corrected chi connectivity index (χ1v) is 7.47. The van der Waals surface area contributed by atoms with E-state index in [1.54, 1.807) is 11.4 Å².